The number of rotatable bonds is 3. The van der Waals surface area contributed by atoms with Gasteiger partial charge in [-0.25, -0.2) is 4.98 Å². The summed E-state index contributed by atoms with van der Waals surface area (Å²) >= 11 is 1.41. The fourth-order valence-corrected chi connectivity index (χ4v) is 2.35. The third kappa shape index (κ3) is 2.04. The van der Waals surface area contributed by atoms with Crippen molar-refractivity contribution in [2.75, 3.05) is 0 Å². The molecular weight excluding hydrogens is 218 g/mol. The molecule has 16 heavy (non-hydrogen) atoms. The van der Waals surface area contributed by atoms with Crippen LogP contribution < -0.4 is 0 Å². The minimum atomic E-state index is 0.0790. The molecule has 2 nitrogen and oxygen atoms in total. The van der Waals surface area contributed by atoms with E-state index in [4.69, 9.17) is 0 Å². The average Bonchev–Trinajstić information content (AvgIpc) is 2.74. The number of aromatic nitrogens is 1. The first-order chi connectivity index (χ1) is 7.72. The van der Waals surface area contributed by atoms with Crippen LogP contribution in [0.15, 0.2) is 29.8 Å². The Morgan fingerprint density at radius 2 is 2.25 bits per heavy atom. The molecule has 2 rings (SSSR count). The third-order valence-electron chi connectivity index (χ3n) is 2.55. The van der Waals surface area contributed by atoms with Crippen LogP contribution in [0.2, 0.25) is 0 Å². The maximum atomic E-state index is 12.2. The highest BCUT2D eigenvalue weighted by molar-refractivity contribution is 7.12. The van der Waals surface area contributed by atoms with Crippen LogP contribution in [0.3, 0.4) is 0 Å². The van der Waals surface area contributed by atoms with Crippen molar-refractivity contribution in [3.63, 3.8) is 0 Å². The van der Waals surface area contributed by atoms with E-state index in [0.29, 0.717) is 0 Å². The zero-order valence-electron chi connectivity index (χ0n) is 9.36. The molecule has 0 aliphatic heterocycles. The van der Waals surface area contributed by atoms with Gasteiger partial charge in [0, 0.05) is 5.56 Å². The first kappa shape index (κ1) is 11.0. The zero-order valence-corrected chi connectivity index (χ0v) is 10.2. The molecule has 0 saturated heterocycles. The van der Waals surface area contributed by atoms with Crippen molar-refractivity contribution >= 4 is 17.1 Å². The fraction of sp³-hybridized carbons (Fsp3) is 0.231. The van der Waals surface area contributed by atoms with Gasteiger partial charge in [0.1, 0.15) is 0 Å². The van der Waals surface area contributed by atoms with E-state index in [1.165, 1.54) is 16.9 Å². The van der Waals surface area contributed by atoms with Crippen LogP contribution in [-0.4, -0.2) is 10.8 Å². The lowest BCUT2D eigenvalue weighted by molar-refractivity contribution is 0.104. The van der Waals surface area contributed by atoms with Gasteiger partial charge in [0.2, 0.25) is 5.78 Å². The second kappa shape index (κ2) is 4.58. The maximum Gasteiger partial charge on any atom is 0.204 e. The molecule has 0 N–H and O–H groups in total. The predicted molar refractivity (Wildman–Crippen MR) is 66.1 cm³/mol. The standard InChI is InChI=1S/C13H13NOS/c1-3-10-5-4-6-11(7-10)12(15)13-9(2)14-8-16-13/h4-8H,3H2,1-2H3. The Kier molecular flexibility index (Phi) is 3.15. The summed E-state index contributed by atoms with van der Waals surface area (Å²) in [6.07, 6.45) is 0.947. The molecule has 0 bridgehead atoms. The molecule has 1 aromatic heterocycles. The van der Waals surface area contributed by atoms with Gasteiger partial charge in [0.15, 0.2) is 0 Å². The molecule has 0 aliphatic carbocycles. The Hall–Kier alpha value is -1.48. The lowest BCUT2D eigenvalue weighted by Crippen LogP contribution is -2.01. The van der Waals surface area contributed by atoms with E-state index in [0.717, 1.165) is 22.6 Å². The van der Waals surface area contributed by atoms with Crippen LogP contribution in [0.4, 0.5) is 0 Å². The van der Waals surface area contributed by atoms with Crippen LogP contribution in [0, 0.1) is 6.92 Å². The van der Waals surface area contributed by atoms with Crippen LogP contribution in [0.5, 0.6) is 0 Å². The van der Waals surface area contributed by atoms with Gasteiger partial charge in [-0.15, -0.1) is 11.3 Å². The van der Waals surface area contributed by atoms with Crippen molar-refractivity contribution in [3.05, 3.63) is 51.5 Å². The van der Waals surface area contributed by atoms with E-state index in [2.05, 4.69) is 11.9 Å². The van der Waals surface area contributed by atoms with Gasteiger partial charge < -0.3 is 0 Å². The van der Waals surface area contributed by atoms with Crippen LogP contribution >= 0.6 is 11.3 Å². The van der Waals surface area contributed by atoms with Gasteiger partial charge in [-0.1, -0.05) is 25.1 Å². The number of carbonyl (C=O) groups excluding carboxylic acids is 1. The third-order valence-corrected chi connectivity index (χ3v) is 3.48. The van der Waals surface area contributed by atoms with Crippen LogP contribution in [0.25, 0.3) is 0 Å². The summed E-state index contributed by atoms with van der Waals surface area (Å²) in [6, 6.07) is 7.79. The predicted octanol–water partition coefficient (Wildman–Crippen LogP) is 3.24. The summed E-state index contributed by atoms with van der Waals surface area (Å²) in [5.74, 6) is 0.0790. The second-order valence-corrected chi connectivity index (χ2v) is 4.50. The lowest BCUT2D eigenvalue weighted by Gasteiger charge is -2.01. The molecular formula is C13H13NOS. The molecule has 1 aromatic carbocycles. The van der Waals surface area contributed by atoms with E-state index in [1.54, 1.807) is 5.51 Å². The Balaban J connectivity index is 2.38. The number of benzene rings is 1. The molecule has 0 radical (unpaired) electrons. The normalized spacial score (nSPS) is 10.4. The summed E-state index contributed by atoms with van der Waals surface area (Å²) in [5.41, 5.74) is 4.48. The summed E-state index contributed by atoms with van der Waals surface area (Å²) in [4.78, 5) is 17.0. The first-order valence-corrected chi connectivity index (χ1v) is 6.14. The molecule has 0 fully saturated rings. The monoisotopic (exact) mass is 231 g/mol. The summed E-state index contributed by atoms with van der Waals surface area (Å²) in [6.45, 7) is 3.95. The topological polar surface area (TPSA) is 30.0 Å². The Labute approximate surface area is 99.0 Å². The smallest absolute Gasteiger partial charge is 0.204 e. The van der Waals surface area contributed by atoms with Gasteiger partial charge in [-0.05, 0) is 25.0 Å². The number of carbonyl (C=O) groups is 1. The highest BCUT2D eigenvalue weighted by Crippen LogP contribution is 2.18. The number of nitrogens with zero attached hydrogens (tertiary/aromatic N) is 1. The lowest BCUT2D eigenvalue weighted by atomic mass is 10.0. The van der Waals surface area contributed by atoms with E-state index < -0.39 is 0 Å². The molecule has 3 heteroatoms. The molecule has 0 aliphatic rings. The van der Waals surface area contributed by atoms with Crippen molar-refractivity contribution in [1.29, 1.82) is 0 Å². The van der Waals surface area contributed by atoms with Gasteiger partial charge in [-0.3, -0.25) is 4.79 Å². The summed E-state index contributed by atoms with van der Waals surface area (Å²) in [5, 5.41) is 0. The van der Waals surface area contributed by atoms with E-state index in [-0.39, 0.29) is 5.78 Å². The molecule has 0 saturated carbocycles. The minimum absolute atomic E-state index is 0.0790. The van der Waals surface area contributed by atoms with Gasteiger partial charge in [0.25, 0.3) is 0 Å². The Bertz CT molecular complexity index is 516. The van der Waals surface area contributed by atoms with Crippen molar-refractivity contribution in [2.24, 2.45) is 0 Å². The summed E-state index contributed by atoms with van der Waals surface area (Å²) < 4.78 is 0. The maximum absolute atomic E-state index is 12.2. The summed E-state index contributed by atoms with van der Waals surface area (Å²) in [7, 11) is 0. The van der Waals surface area contributed by atoms with E-state index in [1.807, 2.05) is 31.2 Å². The van der Waals surface area contributed by atoms with E-state index in [9.17, 15) is 4.79 Å². The molecule has 2 aromatic rings. The highest BCUT2D eigenvalue weighted by atomic mass is 32.1. The highest BCUT2D eigenvalue weighted by Gasteiger charge is 2.13. The van der Waals surface area contributed by atoms with Gasteiger partial charge in [-0.2, -0.15) is 0 Å². The SMILES string of the molecule is CCc1cccc(C(=O)c2scnc2C)c1. The van der Waals surface area contributed by atoms with Crippen LogP contribution in [-0.2, 0) is 6.42 Å². The number of hydrogen-bond acceptors (Lipinski definition) is 3. The molecule has 0 spiro atoms. The van der Waals surface area contributed by atoms with Crippen molar-refractivity contribution < 1.29 is 4.79 Å². The van der Waals surface area contributed by atoms with Gasteiger partial charge >= 0.3 is 0 Å². The average molecular weight is 231 g/mol. The van der Waals surface area contributed by atoms with Crippen LogP contribution in [0.1, 0.15) is 33.4 Å². The largest absolute Gasteiger partial charge is 0.288 e. The zero-order chi connectivity index (χ0) is 11.5. The molecule has 0 atom stereocenters. The van der Waals surface area contributed by atoms with E-state index >= 15 is 0 Å². The quantitative estimate of drug-likeness (QED) is 0.759. The fourth-order valence-electron chi connectivity index (χ4n) is 1.58. The van der Waals surface area contributed by atoms with Crippen molar-refractivity contribution in [3.8, 4) is 0 Å². The van der Waals surface area contributed by atoms with Crippen molar-refractivity contribution in [1.82, 2.24) is 4.98 Å². The van der Waals surface area contributed by atoms with Gasteiger partial charge in [0.05, 0.1) is 16.1 Å². The molecule has 0 amide bonds. The molecule has 0 unspecified atom stereocenters. The second-order valence-electron chi connectivity index (χ2n) is 3.65. The number of ketones is 1. The molecule has 1 heterocycles. The van der Waals surface area contributed by atoms with Crippen molar-refractivity contribution in [2.45, 2.75) is 20.3 Å². The Morgan fingerprint density at radius 3 is 2.88 bits per heavy atom. The Morgan fingerprint density at radius 1 is 1.44 bits per heavy atom. The number of thiazole rings is 1. The first-order valence-electron chi connectivity index (χ1n) is 5.26. The number of aryl methyl sites for hydroxylation is 2. The number of hydrogen-bond donors (Lipinski definition) is 0. The minimum Gasteiger partial charge on any atom is -0.288 e. The molecule has 82 valence electrons.